The van der Waals surface area contributed by atoms with Crippen molar-refractivity contribution in [3.8, 4) is 0 Å². The molecule has 2 aromatic rings. The molecule has 4 heteroatoms. The fraction of sp³-hybridized carbons (Fsp3) is 0.500. The van der Waals surface area contributed by atoms with Gasteiger partial charge in [0.1, 0.15) is 0 Å². The molecule has 3 N–H and O–H groups in total. The number of nitrogens with two attached hydrogens (primary N) is 1. The number of nitrogens with zero attached hydrogens (tertiary/aromatic N) is 2. The molecule has 0 bridgehead atoms. The summed E-state index contributed by atoms with van der Waals surface area (Å²) in [6.45, 7) is 0.994. The number of benzene rings is 1. The smallest absolute Gasteiger partial charge is 0.0955 e. The van der Waals surface area contributed by atoms with Crippen LogP contribution >= 0.6 is 0 Å². The van der Waals surface area contributed by atoms with Crippen molar-refractivity contribution in [2.24, 2.45) is 18.2 Å². The number of rotatable bonds is 4. The van der Waals surface area contributed by atoms with E-state index in [9.17, 15) is 0 Å². The summed E-state index contributed by atoms with van der Waals surface area (Å²) in [5, 5.41) is 3.26. The third-order valence-corrected chi connectivity index (χ3v) is 4.19. The minimum Gasteiger partial charge on any atom is -0.334 e. The summed E-state index contributed by atoms with van der Waals surface area (Å²) >= 11 is 0. The van der Waals surface area contributed by atoms with Crippen LogP contribution in [-0.2, 0) is 7.05 Å². The quantitative estimate of drug-likeness (QED) is 0.858. The fourth-order valence-corrected chi connectivity index (χ4v) is 2.81. The Morgan fingerprint density at radius 2 is 2.28 bits per heavy atom. The van der Waals surface area contributed by atoms with E-state index in [1.54, 1.807) is 0 Å². The molecule has 1 aliphatic rings. The summed E-state index contributed by atoms with van der Waals surface area (Å²) in [6.07, 6.45) is 4.28. The zero-order valence-electron chi connectivity index (χ0n) is 11.0. The van der Waals surface area contributed by atoms with Crippen LogP contribution in [0.2, 0.25) is 0 Å². The van der Waals surface area contributed by atoms with Gasteiger partial charge in [0.15, 0.2) is 0 Å². The zero-order valence-corrected chi connectivity index (χ0v) is 11.0. The lowest BCUT2D eigenvalue weighted by Gasteiger charge is -2.23. The van der Waals surface area contributed by atoms with Crippen molar-refractivity contribution in [1.82, 2.24) is 14.9 Å². The molecule has 0 amide bonds. The van der Waals surface area contributed by atoms with Gasteiger partial charge < -0.3 is 15.6 Å². The molecule has 0 saturated heterocycles. The monoisotopic (exact) mass is 244 g/mol. The van der Waals surface area contributed by atoms with Crippen molar-refractivity contribution in [2.45, 2.75) is 18.9 Å². The van der Waals surface area contributed by atoms with E-state index in [0.29, 0.717) is 0 Å². The van der Waals surface area contributed by atoms with Gasteiger partial charge in [-0.05, 0) is 37.6 Å². The maximum Gasteiger partial charge on any atom is 0.0955 e. The summed E-state index contributed by atoms with van der Waals surface area (Å²) < 4.78 is 2.03. The molecule has 1 unspecified atom stereocenters. The maximum atomic E-state index is 6.44. The average Bonchev–Trinajstić information content (AvgIpc) is 3.07. The normalized spacial score (nSPS) is 19.1. The SMILES string of the molecule is CNCC1(C(N)c2ccc3c(c2)ncn3C)CC1. The Hall–Kier alpha value is -1.39. The van der Waals surface area contributed by atoms with E-state index in [0.717, 1.165) is 17.6 Å². The van der Waals surface area contributed by atoms with Crippen molar-refractivity contribution in [3.05, 3.63) is 30.1 Å². The van der Waals surface area contributed by atoms with Gasteiger partial charge in [0.2, 0.25) is 0 Å². The van der Waals surface area contributed by atoms with E-state index in [1.807, 2.05) is 25.0 Å². The first kappa shape index (κ1) is 11.7. The van der Waals surface area contributed by atoms with Crippen LogP contribution in [0, 0.1) is 5.41 Å². The molecule has 96 valence electrons. The number of hydrogen-bond acceptors (Lipinski definition) is 3. The molecule has 1 aromatic heterocycles. The van der Waals surface area contributed by atoms with E-state index in [1.165, 1.54) is 18.4 Å². The molecular formula is C14H20N4. The van der Waals surface area contributed by atoms with E-state index < -0.39 is 0 Å². The van der Waals surface area contributed by atoms with Crippen LogP contribution < -0.4 is 11.1 Å². The van der Waals surface area contributed by atoms with Crippen molar-refractivity contribution in [1.29, 1.82) is 0 Å². The standard InChI is InChI=1S/C14H20N4/c1-16-8-14(5-6-14)13(15)10-3-4-12-11(7-10)17-9-18(12)2/h3-4,7,9,13,16H,5-6,8,15H2,1-2H3. The number of hydrogen-bond donors (Lipinski definition) is 2. The van der Waals surface area contributed by atoms with Crippen LogP contribution in [0.5, 0.6) is 0 Å². The van der Waals surface area contributed by atoms with Gasteiger partial charge in [-0.15, -0.1) is 0 Å². The Morgan fingerprint density at radius 1 is 1.50 bits per heavy atom. The zero-order chi connectivity index (χ0) is 12.8. The number of aromatic nitrogens is 2. The fourth-order valence-electron chi connectivity index (χ4n) is 2.81. The predicted octanol–water partition coefficient (Wildman–Crippen LogP) is 1.57. The second-order valence-corrected chi connectivity index (χ2v) is 5.47. The summed E-state index contributed by atoms with van der Waals surface area (Å²) in [5.41, 5.74) is 10.1. The van der Waals surface area contributed by atoms with Gasteiger partial charge in [-0.25, -0.2) is 4.98 Å². The highest BCUT2D eigenvalue weighted by molar-refractivity contribution is 5.76. The van der Waals surface area contributed by atoms with Crippen LogP contribution in [0.4, 0.5) is 0 Å². The lowest BCUT2D eigenvalue weighted by atomic mass is 9.90. The highest BCUT2D eigenvalue weighted by Crippen LogP contribution is 2.53. The van der Waals surface area contributed by atoms with Crippen LogP contribution in [0.1, 0.15) is 24.4 Å². The van der Waals surface area contributed by atoms with Gasteiger partial charge >= 0.3 is 0 Å². The molecule has 4 nitrogen and oxygen atoms in total. The molecule has 0 radical (unpaired) electrons. The van der Waals surface area contributed by atoms with Gasteiger partial charge in [0, 0.05) is 25.0 Å². The molecule has 1 heterocycles. The second kappa shape index (κ2) is 4.07. The van der Waals surface area contributed by atoms with Crippen molar-refractivity contribution in [3.63, 3.8) is 0 Å². The molecular weight excluding hydrogens is 224 g/mol. The van der Waals surface area contributed by atoms with Crippen LogP contribution in [0.25, 0.3) is 11.0 Å². The number of nitrogens with one attached hydrogen (secondary N) is 1. The highest BCUT2D eigenvalue weighted by atomic mass is 15.0. The number of fused-ring (bicyclic) bond motifs is 1. The predicted molar refractivity (Wildman–Crippen MR) is 73.2 cm³/mol. The second-order valence-electron chi connectivity index (χ2n) is 5.47. The molecule has 1 aliphatic carbocycles. The minimum atomic E-state index is 0.108. The first-order valence-electron chi connectivity index (χ1n) is 6.47. The van der Waals surface area contributed by atoms with Gasteiger partial charge in [0.25, 0.3) is 0 Å². The minimum absolute atomic E-state index is 0.108. The Bertz CT molecular complexity index is 568. The van der Waals surface area contributed by atoms with Crippen molar-refractivity contribution >= 4 is 11.0 Å². The van der Waals surface area contributed by atoms with E-state index in [4.69, 9.17) is 5.73 Å². The molecule has 1 fully saturated rings. The summed E-state index contributed by atoms with van der Waals surface area (Å²) in [5.74, 6) is 0. The van der Waals surface area contributed by atoms with E-state index in [-0.39, 0.29) is 11.5 Å². The third-order valence-electron chi connectivity index (χ3n) is 4.19. The van der Waals surface area contributed by atoms with E-state index in [2.05, 4.69) is 28.5 Å². The molecule has 3 rings (SSSR count). The van der Waals surface area contributed by atoms with Gasteiger partial charge in [0.05, 0.1) is 17.4 Å². The van der Waals surface area contributed by atoms with Gasteiger partial charge in [-0.2, -0.15) is 0 Å². The Balaban J connectivity index is 1.94. The number of imidazole rings is 1. The van der Waals surface area contributed by atoms with Crippen molar-refractivity contribution in [2.75, 3.05) is 13.6 Å². The van der Waals surface area contributed by atoms with Crippen molar-refractivity contribution < 1.29 is 0 Å². The largest absolute Gasteiger partial charge is 0.334 e. The average molecular weight is 244 g/mol. The lowest BCUT2D eigenvalue weighted by molar-refractivity contribution is 0.392. The van der Waals surface area contributed by atoms with Crippen LogP contribution in [-0.4, -0.2) is 23.1 Å². The topological polar surface area (TPSA) is 55.9 Å². The van der Waals surface area contributed by atoms with Crippen LogP contribution in [0.15, 0.2) is 24.5 Å². The molecule has 0 aliphatic heterocycles. The lowest BCUT2D eigenvalue weighted by Crippen LogP contribution is -2.31. The summed E-state index contributed by atoms with van der Waals surface area (Å²) in [7, 11) is 4.01. The maximum absolute atomic E-state index is 6.44. The Labute approximate surface area is 107 Å². The Morgan fingerprint density at radius 3 is 2.94 bits per heavy atom. The Kier molecular flexibility index (Phi) is 2.64. The molecule has 0 spiro atoms. The first-order valence-corrected chi connectivity index (χ1v) is 6.47. The molecule has 18 heavy (non-hydrogen) atoms. The van der Waals surface area contributed by atoms with Crippen LogP contribution in [0.3, 0.4) is 0 Å². The molecule has 1 saturated carbocycles. The van der Waals surface area contributed by atoms with Gasteiger partial charge in [-0.3, -0.25) is 0 Å². The molecule has 1 atom stereocenters. The summed E-state index contributed by atoms with van der Waals surface area (Å²) in [4.78, 5) is 4.40. The highest BCUT2D eigenvalue weighted by Gasteiger charge is 2.47. The molecule has 1 aromatic carbocycles. The van der Waals surface area contributed by atoms with E-state index >= 15 is 0 Å². The van der Waals surface area contributed by atoms with Gasteiger partial charge in [-0.1, -0.05) is 6.07 Å². The summed E-state index contributed by atoms with van der Waals surface area (Å²) in [6, 6.07) is 6.50. The third kappa shape index (κ3) is 1.72. The first-order chi connectivity index (χ1) is 8.66. The number of aryl methyl sites for hydroxylation is 1.